The number of halogens is 1. The highest BCUT2D eigenvalue weighted by Crippen LogP contribution is 2.28. The van der Waals surface area contributed by atoms with Crippen LogP contribution in [-0.2, 0) is 11.3 Å². The predicted molar refractivity (Wildman–Crippen MR) is 77.7 cm³/mol. The molecule has 18 heavy (non-hydrogen) atoms. The summed E-state index contributed by atoms with van der Waals surface area (Å²) < 4.78 is 8.94. The van der Waals surface area contributed by atoms with Crippen molar-refractivity contribution in [2.75, 3.05) is 13.7 Å². The van der Waals surface area contributed by atoms with E-state index in [0.717, 1.165) is 30.5 Å². The summed E-state index contributed by atoms with van der Waals surface area (Å²) in [6.45, 7) is 8.01. The third-order valence-corrected chi connectivity index (χ3v) is 3.64. The van der Waals surface area contributed by atoms with Gasteiger partial charge in [-0.1, -0.05) is 13.8 Å². The Balaban J connectivity index is 3.02. The molecule has 0 aromatic carbocycles. The first-order chi connectivity index (χ1) is 8.69. The molecule has 4 nitrogen and oxygen atoms in total. The van der Waals surface area contributed by atoms with Crippen LogP contribution < -0.4 is 5.32 Å². The molecule has 0 fully saturated rings. The first kappa shape index (κ1) is 15.7. The number of rotatable bonds is 8. The minimum atomic E-state index is 0.165. The van der Waals surface area contributed by atoms with Crippen molar-refractivity contribution in [1.29, 1.82) is 0 Å². The van der Waals surface area contributed by atoms with E-state index in [1.54, 1.807) is 0 Å². The SMILES string of the molecule is CCCn1ncc(Br)c1C(NC)C(CC)OCC. The summed E-state index contributed by atoms with van der Waals surface area (Å²) in [5.74, 6) is 0. The number of aryl methyl sites for hydroxylation is 1. The van der Waals surface area contributed by atoms with Gasteiger partial charge in [0.1, 0.15) is 0 Å². The Hall–Kier alpha value is -0.390. The summed E-state index contributed by atoms with van der Waals surface area (Å²) in [4.78, 5) is 0. The lowest BCUT2D eigenvalue weighted by Gasteiger charge is -2.27. The Morgan fingerprint density at radius 2 is 2.17 bits per heavy atom. The third-order valence-electron chi connectivity index (χ3n) is 3.03. The van der Waals surface area contributed by atoms with Gasteiger partial charge >= 0.3 is 0 Å². The summed E-state index contributed by atoms with van der Waals surface area (Å²) in [5, 5.41) is 7.79. The lowest BCUT2D eigenvalue weighted by Crippen LogP contribution is -2.33. The lowest BCUT2D eigenvalue weighted by atomic mass is 10.1. The lowest BCUT2D eigenvalue weighted by molar-refractivity contribution is 0.0309. The first-order valence-electron chi connectivity index (χ1n) is 6.69. The van der Waals surface area contributed by atoms with Gasteiger partial charge in [0.25, 0.3) is 0 Å². The Morgan fingerprint density at radius 3 is 2.67 bits per heavy atom. The molecule has 0 radical (unpaired) electrons. The topological polar surface area (TPSA) is 39.1 Å². The summed E-state index contributed by atoms with van der Waals surface area (Å²) in [7, 11) is 1.97. The molecule has 1 aromatic heterocycles. The van der Waals surface area contributed by atoms with E-state index in [4.69, 9.17) is 4.74 Å². The van der Waals surface area contributed by atoms with Gasteiger partial charge in [0.05, 0.1) is 28.5 Å². The van der Waals surface area contributed by atoms with Crippen LogP contribution in [0.1, 0.15) is 45.3 Å². The number of hydrogen-bond acceptors (Lipinski definition) is 3. The second-order valence-electron chi connectivity index (χ2n) is 4.27. The van der Waals surface area contributed by atoms with Gasteiger partial charge in [-0.25, -0.2) is 0 Å². The molecule has 0 aliphatic heterocycles. The Bertz CT molecular complexity index is 354. The van der Waals surface area contributed by atoms with Crippen molar-refractivity contribution in [2.24, 2.45) is 0 Å². The molecule has 0 saturated heterocycles. The molecule has 1 N–H and O–H groups in total. The van der Waals surface area contributed by atoms with Crippen molar-refractivity contribution in [2.45, 2.75) is 52.3 Å². The van der Waals surface area contributed by atoms with E-state index in [2.05, 4.69) is 44.9 Å². The first-order valence-corrected chi connectivity index (χ1v) is 7.48. The smallest absolute Gasteiger partial charge is 0.0782 e. The van der Waals surface area contributed by atoms with Crippen LogP contribution in [0.3, 0.4) is 0 Å². The normalized spacial score (nSPS) is 14.7. The van der Waals surface area contributed by atoms with Crippen LogP contribution in [0.4, 0.5) is 0 Å². The highest BCUT2D eigenvalue weighted by atomic mass is 79.9. The predicted octanol–water partition coefficient (Wildman–Crippen LogP) is 3.13. The van der Waals surface area contributed by atoms with Crippen molar-refractivity contribution in [3.63, 3.8) is 0 Å². The van der Waals surface area contributed by atoms with E-state index in [-0.39, 0.29) is 12.1 Å². The van der Waals surface area contributed by atoms with E-state index in [9.17, 15) is 0 Å². The van der Waals surface area contributed by atoms with E-state index in [1.807, 2.05) is 20.2 Å². The molecule has 0 saturated carbocycles. The van der Waals surface area contributed by atoms with Gasteiger partial charge in [-0.05, 0) is 42.7 Å². The van der Waals surface area contributed by atoms with E-state index in [1.165, 1.54) is 5.69 Å². The van der Waals surface area contributed by atoms with E-state index < -0.39 is 0 Å². The Kier molecular flexibility index (Phi) is 6.89. The average Bonchev–Trinajstić information content (AvgIpc) is 2.72. The van der Waals surface area contributed by atoms with Crippen LogP contribution in [0.2, 0.25) is 0 Å². The Morgan fingerprint density at radius 1 is 1.44 bits per heavy atom. The maximum absolute atomic E-state index is 5.83. The fourth-order valence-corrected chi connectivity index (χ4v) is 2.78. The quantitative estimate of drug-likeness (QED) is 0.800. The van der Waals surface area contributed by atoms with Crippen LogP contribution in [0.15, 0.2) is 10.7 Å². The summed E-state index contributed by atoms with van der Waals surface area (Å²) in [6.07, 6.45) is 4.09. The molecular weight excluding hydrogens is 294 g/mol. The van der Waals surface area contributed by atoms with Gasteiger partial charge in [0.2, 0.25) is 0 Å². The minimum absolute atomic E-state index is 0.165. The van der Waals surface area contributed by atoms with Gasteiger partial charge in [0.15, 0.2) is 0 Å². The number of hydrogen-bond donors (Lipinski definition) is 1. The van der Waals surface area contributed by atoms with Crippen molar-refractivity contribution in [3.05, 3.63) is 16.4 Å². The molecule has 2 atom stereocenters. The van der Waals surface area contributed by atoms with Crippen molar-refractivity contribution in [1.82, 2.24) is 15.1 Å². The summed E-state index contributed by atoms with van der Waals surface area (Å²) in [6, 6.07) is 0.165. The number of ether oxygens (including phenoxy) is 1. The zero-order valence-corrected chi connectivity index (χ0v) is 13.3. The zero-order chi connectivity index (χ0) is 13.5. The number of nitrogens with one attached hydrogen (secondary N) is 1. The molecule has 1 rings (SSSR count). The van der Waals surface area contributed by atoms with Gasteiger partial charge in [0, 0.05) is 13.2 Å². The van der Waals surface area contributed by atoms with Crippen molar-refractivity contribution >= 4 is 15.9 Å². The van der Waals surface area contributed by atoms with Crippen molar-refractivity contribution < 1.29 is 4.74 Å². The van der Waals surface area contributed by atoms with Crippen LogP contribution in [0.25, 0.3) is 0 Å². The molecule has 1 aromatic rings. The number of aromatic nitrogens is 2. The number of likely N-dealkylation sites (N-methyl/N-ethyl adjacent to an activating group) is 1. The van der Waals surface area contributed by atoms with Gasteiger partial charge < -0.3 is 10.1 Å². The fourth-order valence-electron chi connectivity index (χ4n) is 2.23. The summed E-state index contributed by atoms with van der Waals surface area (Å²) >= 11 is 3.60. The maximum atomic E-state index is 5.83. The maximum Gasteiger partial charge on any atom is 0.0782 e. The molecular formula is C13H24BrN3O. The van der Waals surface area contributed by atoms with E-state index >= 15 is 0 Å². The minimum Gasteiger partial charge on any atom is -0.376 e. The molecule has 0 aliphatic rings. The molecule has 0 aliphatic carbocycles. The van der Waals surface area contributed by atoms with Crippen LogP contribution in [-0.4, -0.2) is 29.5 Å². The van der Waals surface area contributed by atoms with Crippen LogP contribution >= 0.6 is 15.9 Å². The molecule has 104 valence electrons. The molecule has 0 bridgehead atoms. The summed E-state index contributed by atoms with van der Waals surface area (Å²) in [5.41, 5.74) is 1.18. The third kappa shape index (κ3) is 3.56. The average molecular weight is 318 g/mol. The van der Waals surface area contributed by atoms with Crippen LogP contribution in [0.5, 0.6) is 0 Å². The molecule has 1 heterocycles. The van der Waals surface area contributed by atoms with E-state index in [0.29, 0.717) is 0 Å². The largest absolute Gasteiger partial charge is 0.376 e. The second kappa shape index (κ2) is 7.92. The highest BCUT2D eigenvalue weighted by Gasteiger charge is 2.26. The van der Waals surface area contributed by atoms with Crippen LogP contribution in [0, 0.1) is 0 Å². The molecule has 2 unspecified atom stereocenters. The van der Waals surface area contributed by atoms with Gasteiger partial charge in [-0.15, -0.1) is 0 Å². The number of nitrogens with zero attached hydrogens (tertiary/aromatic N) is 2. The Labute approximate surface area is 118 Å². The van der Waals surface area contributed by atoms with Gasteiger partial charge in [-0.3, -0.25) is 4.68 Å². The molecule has 0 spiro atoms. The molecule has 0 amide bonds. The standard InChI is InChI=1S/C13H24BrN3O/c1-5-8-17-13(10(14)9-16-17)12(15-4)11(6-2)18-7-3/h9,11-12,15H,5-8H2,1-4H3. The van der Waals surface area contributed by atoms with Gasteiger partial charge in [-0.2, -0.15) is 5.10 Å². The van der Waals surface area contributed by atoms with Crippen molar-refractivity contribution in [3.8, 4) is 0 Å². The highest BCUT2D eigenvalue weighted by molar-refractivity contribution is 9.10. The second-order valence-corrected chi connectivity index (χ2v) is 5.12. The molecule has 5 heteroatoms. The monoisotopic (exact) mass is 317 g/mol. The zero-order valence-electron chi connectivity index (χ0n) is 11.7. The fraction of sp³-hybridized carbons (Fsp3) is 0.769.